The predicted octanol–water partition coefficient (Wildman–Crippen LogP) is 4.71. The normalized spacial score (nSPS) is 18.3. The molecule has 1 atom stereocenters. The summed E-state index contributed by atoms with van der Waals surface area (Å²) in [6, 6.07) is 12.1. The molecule has 1 aliphatic heterocycles. The van der Waals surface area contributed by atoms with Crippen LogP contribution < -0.4 is 15.0 Å². The van der Waals surface area contributed by atoms with Crippen LogP contribution in [0, 0.1) is 0 Å². The lowest BCUT2D eigenvalue weighted by Gasteiger charge is -2.34. The first-order valence-corrected chi connectivity index (χ1v) is 10.4. The Balaban J connectivity index is 1.99. The third-order valence-electron chi connectivity index (χ3n) is 5.69. The molecule has 1 amide bonds. The first-order valence-electron chi connectivity index (χ1n) is 10.4. The number of anilines is 2. The molecule has 1 heterocycles. The number of phenolic OH excluding ortho intramolecular Hbond substituents is 1. The molecule has 2 aromatic rings. The van der Waals surface area contributed by atoms with Crippen molar-refractivity contribution in [1.82, 2.24) is 0 Å². The van der Waals surface area contributed by atoms with Gasteiger partial charge in [0, 0.05) is 24.1 Å². The van der Waals surface area contributed by atoms with Gasteiger partial charge in [-0.25, -0.2) is 0 Å². The molecule has 0 bridgehead atoms. The zero-order valence-corrected chi connectivity index (χ0v) is 17.3. The molecule has 0 fully saturated rings. The van der Waals surface area contributed by atoms with E-state index >= 15 is 0 Å². The quantitative estimate of drug-likeness (QED) is 0.769. The average molecular weight is 406 g/mol. The summed E-state index contributed by atoms with van der Waals surface area (Å²) < 4.78 is 5.31. The van der Waals surface area contributed by atoms with Crippen LogP contribution in [-0.4, -0.2) is 23.9 Å². The number of nitrogens with zero attached hydrogens (tertiary/aromatic N) is 1. The van der Waals surface area contributed by atoms with Crippen molar-refractivity contribution in [3.8, 4) is 11.5 Å². The number of phenols is 1. The van der Waals surface area contributed by atoms with E-state index < -0.39 is 6.04 Å². The van der Waals surface area contributed by atoms with E-state index in [1.807, 2.05) is 31.2 Å². The van der Waals surface area contributed by atoms with Crippen molar-refractivity contribution in [1.29, 1.82) is 0 Å². The summed E-state index contributed by atoms with van der Waals surface area (Å²) in [7, 11) is 1.49. The first kappa shape index (κ1) is 20.0. The van der Waals surface area contributed by atoms with Crippen LogP contribution in [0.15, 0.2) is 53.7 Å². The minimum Gasteiger partial charge on any atom is -0.504 e. The van der Waals surface area contributed by atoms with Crippen LogP contribution in [0.5, 0.6) is 11.5 Å². The summed E-state index contributed by atoms with van der Waals surface area (Å²) >= 11 is 0. The van der Waals surface area contributed by atoms with E-state index in [-0.39, 0.29) is 17.4 Å². The van der Waals surface area contributed by atoms with Gasteiger partial charge in [0.05, 0.1) is 24.5 Å². The molecule has 6 heteroatoms. The molecule has 4 rings (SSSR count). The number of ketones is 1. The van der Waals surface area contributed by atoms with Gasteiger partial charge in [-0.2, -0.15) is 0 Å². The number of rotatable bonds is 4. The first-order chi connectivity index (χ1) is 14.5. The summed E-state index contributed by atoms with van der Waals surface area (Å²) in [5.41, 5.74) is 3.78. The van der Waals surface area contributed by atoms with Crippen LogP contribution in [0.1, 0.15) is 50.6 Å². The molecule has 0 saturated heterocycles. The van der Waals surface area contributed by atoms with E-state index in [0.717, 1.165) is 35.5 Å². The number of aromatic hydroxyl groups is 1. The molecule has 156 valence electrons. The number of para-hydroxylation sites is 2. The Labute approximate surface area is 176 Å². The average Bonchev–Trinajstić information content (AvgIpc) is 2.89. The van der Waals surface area contributed by atoms with Gasteiger partial charge in [0.25, 0.3) is 0 Å². The van der Waals surface area contributed by atoms with E-state index in [0.29, 0.717) is 30.6 Å². The van der Waals surface area contributed by atoms with Crippen molar-refractivity contribution in [2.75, 3.05) is 17.3 Å². The van der Waals surface area contributed by atoms with Crippen LogP contribution in [0.3, 0.4) is 0 Å². The highest BCUT2D eigenvalue weighted by Gasteiger charge is 2.39. The molecule has 2 N–H and O–H groups in total. The van der Waals surface area contributed by atoms with Gasteiger partial charge < -0.3 is 15.2 Å². The molecular weight excluding hydrogens is 380 g/mol. The van der Waals surface area contributed by atoms with E-state index in [9.17, 15) is 14.7 Å². The maximum absolute atomic E-state index is 13.4. The lowest BCUT2D eigenvalue weighted by atomic mass is 9.85. The molecular formula is C24H26N2O4. The molecule has 2 aliphatic rings. The molecule has 0 aromatic heterocycles. The zero-order chi connectivity index (χ0) is 21.3. The standard InChI is InChI=1S/C24H26N2O4/c1-3-7-22(29)26-18-10-5-4-8-16(18)25-17-9-6-11-20(28)23(17)24(26)15-12-13-19(27)21(14-15)30-2/h4-5,8,10,12-14,24-25,27H,3,6-7,9,11H2,1-2H3/t24-/m0/s1. The maximum Gasteiger partial charge on any atom is 0.227 e. The lowest BCUT2D eigenvalue weighted by Crippen LogP contribution is -2.37. The summed E-state index contributed by atoms with van der Waals surface area (Å²) in [6.07, 6.45) is 3.06. The van der Waals surface area contributed by atoms with Crippen molar-refractivity contribution in [2.24, 2.45) is 0 Å². The SMILES string of the molecule is CCCC(=O)N1c2ccccc2NC2=C(C(=O)CCC2)[C@@H]1c1ccc(O)c(OC)c1. The number of hydrogen-bond donors (Lipinski definition) is 2. The smallest absolute Gasteiger partial charge is 0.227 e. The van der Waals surface area contributed by atoms with Gasteiger partial charge in [0.1, 0.15) is 0 Å². The van der Waals surface area contributed by atoms with Gasteiger partial charge in [0.15, 0.2) is 17.3 Å². The van der Waals surface area contributed by atoms with Crippen molar-refractivity contribution >= 4 is 23.1 Å². The second-order valence-electron chi connectivity index (χ2n) is 7.66. The van der Waals surface area contributed by atoms with Crippen molar-refractivity contribution in [3.63, 3.8) is 0 Å². The van der Waals surface area contributed by atoms with Crippen molar-refractivity contribution < 1.29 is 19.4 Å². The number of carbonyl (C=O) groups is 2. The fourth-order valence-electron chi connectivity index (χ4n) is 4.32. The van der Waals surface area contributed by atoms with Gasteiger partial charge in [0.2, 0.25) is 5.91 Å². The second-order valence-corrected chi connectivity index (χ2v) is 7.66. The number of nitrogens with one attached hydrogen (secondary N) is 1. The largest absolute Gasteiger partial charge is 0.504 e. The Morgan fingerprint density at radius 1 is 1.23 bits per heavy atom. The monoisotopic (exact) mass is 406 g/mol. The fourth-order valence-corrected chi connectivity index (χ4v) is 4.32. The van der Waals surface area contributed by atoms with Crippen molar-refractivity contribution in [3.05, 3.63) is 59.3 Å². The Kier molecular flexibility index (Phi) is 5.48. The number of benzene rings is 2. The molecule has 0 saturated carbocycles. The summed E-state index contributed by atoms with van der Waals surface area (Å²) in [5.74, 6) is 0.328. The third kappa shape index (κ3) is 3.43. The van der Waals surface area contributed by atoms with Crippen LogP contribution >= 0.6 is 0 Å². The molecule has 6 nitrogen and oxygen atoms in total. The Morgan fingerprint density at radius 2 is 2.03 bits per heavy atom. The number of fused-ring (bicyclic) bond motifs is 1. The predicted molar refractivity (Wildman–Crippen MR) is 116 cm³/mol. The number of ether oxygens (including phenoxy) is 1. The molecule has 0 unspecified atom stereocenters. The van der Waals surface area contributed by atoms with Gasteiger partial charge >= 0.3 is 0 Å². The number of methoxy groups -OCH3 is 1. The van der Waals surface area contributed by atoms with Gasteiger partial charge in [-0.15, -0.1) is 0 Å². The van der Waals surface area contributed by atoms with Crippen molar-refractivity contribution in [2.45, 2.75) is 45.1 Å². The van der Waals surface area contributed by atoms with Gasteiger partial charge in [-0.05, 0) is 49.1 Å². The van der Waals surface area contributed by atoms with Crippen LogP contribution in [0.4, 0.5) is 11.4 Å². The highest BCUT2D eigenvalue weighted by molar-refractivity contribution is 6.06. The lowest BCUT2D eigenvalue weighted by molar-refractivity contribution is -0.119. The number of hydrogen-bond acceptors (Lipinski definition) is 5. The van der Waals surface area contributed by atoms with E-state index in [2.05, 4.69) is 5.32 Å². The molecule has 0 radical (unpaired) electrons. The Morgan fingerprint density at radius 3 is 2.80 bits per heavy atom. The number of amides is 1. The maximum atomic E-state index is 13.4. The third-order valence-corrected chi connectivity index (χ3v) is 5.69. The second kappa shape index (κ2) is 8.22. The molecule has 1 aliphatic carbocycles. The highest BCUT2D eigenvalue weighted by Crippen LogP contribution is 2.46. The Bertz CT molecular complexity index is 1030. The highest BCUT2D eigenvalue weighted by atomic mass is 16.5. The summed E-state index contributed by atoms with van der Waals surface area (Å²) in [6.45, 7) is 1.97. The van der Waals surface area contributed by atoms with Crippen LogP contribution in [-0.2, 0) is 9.59 Å². The Hall–Kier alpha value is -3.28. The van der Waals surface area contributed by atoms with Gasteiger partial charge in [-0.1, -0.05) is 25.1 Å². The topological polar surface area (TPSA) is 78.9 Å². The number of allylic oxidation sites excluding steroid dienone is 1. The molecule has 2 aromatic carbocycles. The minimum atomic E-state index is -0.586. The molecule has 30 heavy (non-hydrogen) atoms. The van der Waals surface area contributed by atoms with Crippen LogP contribution in [0.25, 0.3) is 0 Å². The zero-order valence-electron chi connectivity index (χ0n) is 17.3. The fraction of sp³-hybridized carbons (Fsp3) is 0.333. The minimum absolute atomic E-state index is 0.0176. The van der Waals surface area contributed by atoms with E-state index in [4.69, 9.17) is 4.74 Å². The summed E-state index contributed by atoms with van der Waals surface area (Å²) in [4.78, 5) is 28.3. The molecule has 0 spiro atoms. The van der Waals surface area contributed by atoms with E-state index in [1.54, 1.807) is 23.1 Å². The van der Waals surface area contributed by atoms with Crippen LogP contribution in [0.2, 0.25) is 0 Å². The van der Waals surface area contributed by atoms with Gasteiger partial charge in [-0.3, -0.25) is 14.5 Å². The van der Waals surface area contributed by atoms with E-state index in [1.165, 1.54) is 7.11 Å². The number of carbonyl (C=O) groups excluding carboxylic acids is 2. The number of Topliss-reactive ketones (excluding diaryl/α,β-unsaturated/α-hetero) is 1. The summed E-state index contributed by atoms with van der Waals surface area (Å²) in [5, 5.41) is 13.5.